The Hall–Kier alpha value is -1.75. The lowest BCUT2D eigenvalue weighted by Crippen LogP contribution is -2.47. The van der Waals surface area contributed by atoms with Gasteiger partial charge in [-0.3, -0.25) is 4.79 Å². The van der Waals surface area contributed by atoms with Crippen LogP contribution >= 0.6 is 11.6 Å². The number of rotatable bonds is 4. The summed E-state index contributed by atoms with van der Waals surface area (Å²) in [5, 5.41) is 14.9. The van der Waals surface area contributed by atoms with Crippen LogP contribution in [0.15, 0.2) is 23.4 Å². The van der Waals surface area contributed by atoms with Gasteiger partial charge in [0.05, 0.1) is 6.04 Å². The lowest BCUT2D eigenvalue weighted by Gasteiger charge is -2.21. The molecule has 1 atom stereocenters. The van der Waals surface area contributed by atoms with Crippen LogP contribution in [0.25, 0.3) is 0 Å². The molecule has 1 aromatic rings. The molecule has 0 radical (unpaired) electrons. The van der Waals surface area contributed by atoms with E-state index in [4.69, 9.17) is 22.5 Å². The second kappa shape index (κ2) is 6.43. The van der Waals surface area contributed by atoms with Crippen LogP contribution in [-0.2, 0) is 0 Å². The SMILES string of the molecule is Cc1ccc(C(=O)NC(C(N)=NO)C(C)C)cc1Cl. The number of hydrogen-bond donors (Lipinski definition) is 3. The van der Waals surface area contributed by atoms with Gasteiger partial charge in [-0.05, 0) is 30.5 Å². The lowest BCUT2D eigenvalue weighted by atomic mass is 10.0. The van der Waals surface area contributed by atoms with E-state index < -0.39 is 6.04 Å². The van der Waals surface area contributed by atoms with Crippen molar-refractivity contribution in [2.45, 2.75) is 26.8 Å². The summed E-state index contributed by atoms with van der Waals surface area (Å²) in [6.45, 7) is 5.59. The van der Waals surface area contributed by atoms with Crippen molar-refractivity contribution in [3.05, 3.63) is 34.3 Å². The minimum absolute atomic E-state index is 0.000713. The summed E-state index contributed by atoms with van der Waals surface area (Å²) in [6, 6.07) is 4.51. The van der Waals surface area contributed by atoms with E-state index >= 15 is 0 Å². The number of halogens is 1. The standard InChI is InChI=1S/C13H18ClN3O2/c1-7(2)11(12(15)17-19)16-13(18)9-5-4-8(3)10(14)6-9/h4-7,11,19H,1-3H3,(H2,15,17)(H,16,18). The molecule has 4 N–H and O–H groups in total. The van der Waals surface area contributed by atoms with Gasteiger partial charge < -0.3 is 16.3 Å². The first kappa shape index (κ1) is 15.3. The predicted octanol–water partition coefficient (Wildman–Crippen LogP) is 2.15. The average molecular weight is 284 g/mol. The number of amidine groups is 1. The van der Waals surface area contributed by atoms with Gasteiger partial charge in [0.1, 0.15) is 0 Å². The summed E-state index contributed by atoms with van der Waals surface area (Å²) in [6.07, 6.45) is 0. The Morgan fingerprint density at radius 3 is 2.58 bits per heavy atom. The van der Waals surface area contributed by atoms with E-state index in [0.717, 1.165) is 5.56 Å². The first-order valence-electron chi connectivity index (χ1n) is 5.91. The molecular formula is C13H18ClN3O2. The zero-order valence-electron chi connectivity index (χ0n) is 11.1. The van der Waals surface area contributed by atoms with Crippen LogP contribution in [0.5, 0.6) is 0 Å². The molecule has 0 bridgehead atoms. The van der Waals surface area contributed by atoms with Gasteiger partial charge in [-0.1, -0.05) is 36.7 Å². The fourth-order valence-electron chi connectivity index (χ4n) is 1.60. The van der Waals surface area contributed by atoms with E-state index in [9.17, 15) is 4.79 Å². The quantitative estimate of drug-likeness (QED) is 0.342. The predicted molar refractivity (Wildman–Crippen MR) is 75.7 cm³/mol. The Labute approximate surface area is 117 Å². The van der Waals surface area contributed by atoms with Gasteiger partial charge >= 0.3 is 0 Å². The summed E-state index contributed by atoms with van der Waals surface area (Å²) in [7, 11) is 0. The van der Waals surface area contributed by atoms with Crippen LogP contribution in [0.4, 0.5) is 0 Å². The van der Waals surface area contributed by atoms with Gasteiger partial charge in [-0.15, -0.1) is 0 Å². The molecule has 0 aromatic heterocycles. The smallest absolute Gasteiger partial charge is 0.251 e. The van der Waals surface area contributed by atoms with Gasteiger partial charge in [0, 0.05) is 10.6 Å². The van der Waals surface area contributed by atoms with E-state index in [1.165, 1.54) is 0 Å². The molecule has 0 saturated carbocycles. The molecule has 0 fully saturated rings. The molecule has 5 nitrogen and oxygen atoms in total. The number of aryl methyl sites for hydroxylation is 1. The van der Waals surface area contributed by atoms with Crippen LogP contribution in [-0.4, -0.2) is 23.0 Å². The van der Waals surface area contributed by atoms with Crippen molar-refractivity contribution < 1.29 is 10.0 Å². The molecule has 104 valence electrons. The van der Waals surface area contributed by atoms with Crippen molar-refractivity contribution in [1.82, 2.24) is 5.32 Å². The maximum atomic E-state index is 12.1. The molecule has 0 aliphatic carbocycles. The van der Waals surface area contributed by atoms with Crippen molar-refractivity contribution in [2.75, 3.05) is 0 Å². The van der Waals surface area contributed by atoms with Crippen LogP contribution < -0.4 is 11.1 Å². The van der Waals surface area contributed by atoms with Gasteiger partial charge in [-0.2, -0.15) is 0 Å². The minimum Gasteiger partial charge on any atom is -0.409 e. The highest BCUT2D eigenvalue weighted by molar-refractivity contribution is 6.31. The fraction of sp³-hybridized carbons (Fsp3) is 0.385. The topological polar surface area (TPSA) is 87.7 Å². The average Bonchev–Trinajstić information content (AvgIpc) is 2.37. The van der Waals surface area contributed by atoms with Crippen LogP contribution in [0.1, 0.15) is 29.8 Å². The second-order valence-corrected chi connectivity index (χ2v) is 5.09. The number of benzene rings is 1. The number of nitrogens with zero attached hydrogens (tertiary/aromatic N) is 1. The third-order valence-electron chi connectivity index (χ3n) is 2.82. The lowest BCUT2D eigenvalue weighted by molar-refractivity contribution is 0.0939. The van der Waals surface area contributed by atoms with E-state index in [2.05, 4.69) is 10.5 Å². The van der Waals surface area contributed by atoms with Crippen molar-refractivity contribution in [1.29, 1.82) is 0 Å². The Morgan fingerprint density at radius 1 is 1.47 bits per heavy atom. The van der Waals surface area contributed by atoms with Gasteiger partial charge in [-0.25, -0.2) is 0 Å². The Morgan fingerprint density at radius 2 is 2.11 bits per heavy atom. The molecule has 1 amide bonds. The largest absolute Gasteiger partial charge is 0.409 e. The zero-order chi connectivity index (χ0) is 14.6. The number of carbonyl (C=O) groups excluding carboxylic acids is 1. The first-order chi connectivity index (χ1) is 8.86. The van der Waals surface area contributed by atoms with Crippen molar-refractivity contribution in [3.8, 4) is 0 Å². The highest BCUT2D eigenvalue weighted by Gasteiger charge is 2.21. The molecule has 0 spiro atoms. The Balaban J connectivity index is 2.91. The summed E-state index contributed by atoms with van der Waals surface area (Å²) in [5.74, 6) is -0.338. The molecule has 0 aliphatic rings. The number of nitrogens with two attached hydrogens (primary N) is 1. The van der Waals surface area contributed by atoms with E-state index in [-0.39, 0.29) is 17.7 Å². The maximum Gasteiger partial charge on any atom is 0.251 e. The first-order valence-corrected chi connectivity index (χ1v) is 6.29. The van der Waals surface area contributed by atoms with Crippen molar-refractivity contribution in [3.63, 3.8) is 0 Å². The van der Waals surface area contributed by atoms with E-state index in [1.807, 2.05) is 20.8 Å². The number of amides is 1. The third kappa shape index (κ3) is 3.86. The Bertz CT molecular complexity index is 501. The van der Waals surface area contributed by atoms with Crippen LogP contribution in [0.2, 0.25) is 5.02 Å². The van der Waals surface area contributed by atoms with Gasteiger partial charge in [0.2, 0.25) is 0 Å². The number of nitrogens with one attached hydrogen (secondary N) is 1. The molecule has 0 aliphatic heterocycles. The summed E-state index contributed by atoms with van der Waals surface area (Å²) in [5.41, 5.74) is 6.89. The molecule has 1 aromatic carbocycles. The fourth-order valence-corrected chi connectivity index (χ4v) is 1.78. The number of oxime groups is 1. The van der Waals surface area contributed by atoms with Crippen LogP contribution in [0, 0.1) is 12.8 Å². The van der Waals surface area contributed by atoms with Crippen molar-refractivity contribution in [2.24, 2.45) is 16.8 Å². The zero-order valence-corrected chi connectivity index (χ0v) is 11.9. The van der Waals surface area contributed by atoms with Gasteiger partial charge in [0.25, 0.3) is 5.91 Å². The monoisotopic (exact) mass is 283 g/mol. The summed E-state index contributed by atoms with van der Waals surface area (Å²) in [4.78, 5) is 12.1. The number of hydrogen-bond acceptors (Lipinski definition) is 3. The Kier molecular flexibility index (Phi) is 5.18. The third-order valence-corrected chi connectivity index (χ3v) is 3.23. The highest BCUT2D eigenvalue weighted by Crippen LogP contribution is 2.17. The summed E-state index contributed by atoms with van der Waals surface area (Å²) < 4.78 is 0. The minimum atomic E-state index is -0.530. The molecule has 0 saturated heterocycles. The molecule has 1 rings (SSSR count). The van der Waals surface area contributed by atoms with E-state index in [1.54, 1.807) is 18.2 Å². The van der Waals surface area contributed by atoms with Crippen molar-refractivity contribution >= 4 is 23.3 Å². The van der Waals surface area contributed by atoms with Crippen LogP contribution in [0.3, 0.4) is 0 Å². The number of carbonyl (C=O) groups is 1. The van der Waals surface area contributed by atoms with Gasteiger partial charge in [0.15, 0.2) is 5.84 Å². The molecule has 6 heteroatoms. The maximum absolute atomic E-state index is 12.1. The molecule has 0 heterocycles. The summed E-state index contributed by atoms with van der Waals surface area (Å²) >= 11 is 5.98. The normalized spacial score (nSPS) is 13.4. The second-order valence-electron chi connectivity index (χ2n) is 4.68. The molecule has 19 heavy (non-hydrogen) atoms. The highest BCUT2D eigenvalue weighted by atomic mass is 35.5. The molecule has 1 unspecified atom stereocenters. The molecular weight excluding hydrogens is 266 g/mol. The van der Waals surface area contributed by atoms with E-state index in [0.29, 0.717) is 10.6 Å².